The number of ether oxygens (including phenoxy) is 2. The molecule has 4 rings (SSSR count). The van der Waals surface area contributed by atoms with Crippen LogP contribution < -0.4 is 0 Å². The van der Waals surface area contributed by atoms with E-state index < -0.39 is 10.0 Å². The highest BCUT2D eigenvalue weighted by Gasteiger charge is 2.37. The second-order valence-electron chi connectivity index (χ2n) is 8.72. The number of nitrogens with zero attached hydrogens (tertiary/aromatic N) is 2. The summed E-state index contributed by atoms with van der Waals surface area (Å²) in [4.78, 5) is 15.3. The Labute approximate surface area is 179 Å². The van der Waals surface area contributed by atoms with Gasteiger partial charge in [-0.1, -0.05) is 17.7 Å². The largest absolute Gasteiger partial charge is 0.350 e. The number of sulfonamides is 1. The van der Waals surface area contributed by atoms with Crippen LogP contribution in [0.1, 0.15) is 36.8 Å². The lowest BCUT2D eigenvalue weighted by Gasteiger charge is -2.37. The first-order valence-corrected chi connectivity index (χ1v) is 12.4. The standard InChI is InChI=1S/C22H32N2O5S/c1-16-3-4-20(17(2)15-16)30(26,27)24-11-7-18(8-12-24)21(25)23-9-5-19(6-10-23)22-28-13-14-29-22/h3-4,15,18-19,22H,5-14H2,1-2H3. The van der Waals surface area contributed by atoms with E-state index >= 15 is 0 Å². The van der Waals surface area contributed by atoms with Gasteiger partial charge in [-0.15, -0.1) is 0 Å². The Morgan fingerprint density at radius 1 is 0.967 bits per heavy atom. The topological polar surface area (TPSA) is 76.2 Å². The Balaban J connectivity index is 1.31. The van der Waals surface area contributed by atoms with Crippen molar-refractivity contribution in [3.05, 3.63) is 29.3 Å². The van der Waals surface area contributed by atoms with Crippen LogP contribution in [0, 0.1) is 25.7 Å². The van der Waals surface area contributed by atoms with Gasteiger partial charge in [0.15, 0.2) is 6.29 Å². The van der Waals surface area contributed by atoms with Crippen LogP contribution in [0.25, 0.3) is 0 Å². The number of rotatable bonds is 4. The van der Waals surface area contributed by atoms with Gasteiger partial charge in [0.1, 0.15) is 0 Å². The summed E-state index contributed by atoms with van der Waals surface area (Å²) in [6.45, 7) is 7.36. The van der Waals surface area contributed by atoms with Gasteiger partial charge in [-0.2, -0.15) is 4.31 Å². The van der Waals surface area contributed by atoms with Gasteiger partial charge in [0.2, 0.25) is 15.9 Å². The van der Waals surface area contributed by atoms with Gasteiger partial charge in [-0.25, -0.2) is 8.42 Å². The van der Waals surface area contributed by atoms with E-state index in [9.17, 15) is 13.2 Å². The Kier molecular flexibility index (Phi) is 6.48. The molecule has 3 saturated heterocycles. The molecule has 0 atom stereocenters. The molecule has 1 amide bonds. The first-order valence-electron chi connectivity index (χ1n) is 11.0. The Bertz CT molecular complexity index is 866. The highest BCUT2D eigenvalue weighted by molar-refractivity contribution is 7.89. The predicted molar refractivity (Wildman–Crippen MR) is 112 cm³/mol. The monoisotopic (exact) mass is 436 g/mol. The third-order valence-corrected chi connectivity index (χ3v) is 8.69. The molecular weight excluding hydrogens is 404 g/mol. The summed E-state index contributed by atoms with van der Waals surface area (Å²) in [5, 5.41) is 0. The molecule has 1 aromatic rings. The molecule has 0 radical (unpaired) electrons. The summed E-state index contributed by atoms with van der Waals surface area (Å²) in [7, 11) is -3.52. The quantitative estimate of drug-likeness (QED) is 0.724. The highest BCUT2D eigenvalue weighted by atomic mass is 32.2. The van der Waals surface area contributed by atoms with E-state index in [-0.39, 0.29) is 18.1 Å². The van der Waals surface area contributed by atoms with Crippen LogP contribution in [0.5, 0.6) is 0 Å². The molecular formula is C22H32N2O5S. The number of piperidine rings is 2. The molecule has 0 saturated carbocycles. The zero-order valence-electron chi connectivity index (χ0n) is 17.9. The van der Waals surface area contributed by atoms with Crippen LogP contribution in [0.2, 0.25) is 0 Å². The lowest BCUT2D eigenvalue weighted by Crippen LogP contribution is -2.47. The zero-order chi connectivity index (χ0) is 21.3. The smallest absolute Gasteiger partial charge is 0.243 e. The fourth-order valence-electron chi connectivity index (χ4n) is 4.87. The van der Waals surface area contributed by atoms with Gasteiger partial charge in [-0.05, 0) is 51.2 Å². The number of carbonyl (C=O) groups excluding carboxylic acids is 1. The minimum atomic E-state index is -3.52. The number of amides is 1. The third kappa shape index (κ3) is 4.42. The van der Waals surface area contributed by atoms with Gasteiger partial charge in [-0.3, -0.25) is 4.79 Å². The lowest BCUT2D eigenvalue weighted by atomic mass is 9.92. The molecule has 7 nitrogen and oxygen atoms in total. The first-order chi connectivity index (χ1) is 14.4. The van der Waals surface area contributed by atoms with Crippen molar-refractivity contribution >= 4 is 15.9 Å². The molecule has 1 aromatic carbocycles. The summed E-state index contributed by atoms with van der Waals surface area (Å²) in [6.07, 6.45) is 2.85. The maximum Gasteiger partial charge on any atom is 0.243 e. The van der Waals surface area contributed by atoms with Gasteiger partial charge in [0.25, 0.3) is 0 Å². The molecule has 166 valence electrons. The number of likely N-dealkylation sites (tertiary alicyclic amines) is 1. The van der Waals surface area contributed by atoms with Crippen LogP contribution in [0.15, 0.2) is 23.1 Å². The molecule has 0 spiro atoms. The minimum Gasteiger partial charge on any atom is -0.350 e. The van der Waals surface area contributed by atoms with Crippen LogP contribution in [-0.4, -0.2) is 69.2 Å². The van der Waals surface area contributed by atoms with Crippen molar-refractivity contribution in [2.24, 2.45) is 11.8 Å². The van der Waals surface area contributed by atoms with Crippen molar-refractivity contribution in [3.8, 4) is 0 Å². The van der Waals surface area contributed by atoms with Crippen molar-refractivity contribution < 1.29 is 22.7 Å². The average Bonchev–Trinajstić information content (AvgIpc) is 3.28. The first kappa shape index (κ1) is 21.7. The van der Waals surface area contributed by atoms with E-state index in [1.54, 1.807) is 6.07 Å². The lowest BCUT2D eigenvalue weighted by molar-refractivity contribution is -0.142. The van der Waals surface area contributed by atoms with E-state index in [1.165, 1.54) is 4.31 Å². The van der Waals surface area contributed by atoms with E-state index in [0.717, 1.165) is 37.1 Å². The summed E-state index contributed by atoms with van der Waals surface area (Å²) < 4.78 is 38.9. The fourth-order valence-corrected chi connectivity index (χ4v) is 6.55. The maximum atomic E-state index is 13.1. The van der Waals surface area contributed by atoms with Crippen molar-refractivity contribution in [2.75, 3.05) is 39.4 Å². The normalized spacial score (nSPS) is 23.2. The Hall–Kier alpha value is -1.48. The number of benzene rings is 1. The van der Waals surface area contributed by atoms with Crippen LogP contribution in [0.4, 0.5) is 0 Å². The molecule has 3 heterocycles. The van der Waals surface area contributed by atoms with E-state index in [0.29, 0.717) is 50.0 Å². The molecule has 30 heavy (non-hydrogen) atoms. The molecule has 0 aliphatic carbocycles. The highest BCUT2D eigenvalue weighted by Crippen LogP contribution is 2.30. The maximum absolute atomic E-state index is 13.1. The average molecular weight is 437 g/mol. The molecule has 0 N–H and O–H groups in total. The second-order valence-corrected chi connectivity index (χ2v) is 10.6. The molecule has 3 aliphatic rings. The molecule has 0 bridgehead atoms. The van der Waals surface area contributed by atoms with Gasteiger partial charge in [0.05, 0.1) is 18.1 Å². The molecule has 0 aromatic heterocycles. The van der Waals surface area contributed by atoms with Crippen molar-refractivity contribution in [1.29, 1.82) is 0 Å². The van der Waals surface area contributed by atoms with E-state index in [1.807, 2.05) is 30.9 Å². The van der Waals surface area contributed by atoms with Gasteiger partial charge < -0.3 is 14.4 Å². The van der Waals surface area contributed by atoms with Gasteiger partial charge in [0, 0.05) is 38.0 Å². The SMILES string of the molecule is Cc1ccc(S(=O)(=O)N2CCC(C(=O)N3CCC(C4OCCO4)CC3)CC2)c(C)c1. The molecule has 0 unspecified atom stereocenters. The predicted octanol–water partition coefficient (Wildman–Crippen LogP) is 2.32. The van der Waals surface area contributed by atoms with Crippen molar-refractivity contribution in [2.45, 2.75) is 50.7 Å². The number of aryl methyl sites for hydroxylation is 2. The summed E-state index contributed by atoms with van der Waals surface area (Å²) in [5.74, 6) is 0.442. The molecule has 8 heteroatoms. The number of hydrogen-bond donors (Lipinski definition) is 0. The van der Waals surface area contributed by atoms with Crippen LogP contribution in [-0.2, 0) is 24.3 Å². The molecule has 3 aliphatic heterocycles. The number of hydrogen-bond acceptors (Lipinski definition) is 5. The third-order valence-electron chi connectivity index (χ3n) is 6.64. The number of carbonyl (C=O) groups is 1. The fraction of sp³-hybridized carbons (Fsp3) is 0.682. The van der Waals surface area contributed by atoms with E-state index in [2.05, 4.69) is 0 Å². The van der Waals surface area contributed by atoms with E-state index in [4.69, 9.17) is 9.47 Å². The second kappa shape index (κ2) is 8.94. The zero-order valence-corrected chi connectivity index (χ0v) is 18.7. The summed E-state index contributed by atoms with van der Waals surface area (Å²) in [5.41, 5.74) is 1.82. The minimum absolute atomic E-state index is 0.0916. The summed E-state index contributed by atoms with van der Waals surface area (Å²) in [6, 6.07) is 5.43. The van der Waals surface area contributed by atoms with Crippen LogP contribution >= 0.6 is 0 Å². The molecule has 3 fully saturated rings. The van der Waals surface area contributed by atoms with Gasteiger partial charge >= 0.3 is 0 Å². The van der Waals surface area contributed by atoms with Crippen LogP contribution in [0.3, 0.4) is 0 Å². The van der Waals surface area contributed by atoms with Crippen molar-refractivity contribution in [1.82, 2.24) is 9.21 Å². The van der Waals surface area contributed by atoms with Crippen molar-refractivity contribution in [3.63, 3.8) is 0 Å². The summed E-state index contributed by atoms with van der Waals surface area (Å²) >= 11 is 0. The Morgan fingerprint density at radius 3 is 2.20 bits per heavy atom. The Morgan fingerprint density at radius 2 is 1.60 bits per heavy atom.